The Labute approximate surface area is 220 Å². The van der Waals surface area contributed by atoms with Crippen LogP contribution >= 0.6 is 11.6 Å². The number of carbonyl (C=O) groups excluding carboxylic acids is 1. The van der Waals surface area contributed by atoms with Crippen molar-refractivity contribution in [3.05, 3.63) is 98.8 Å². The number of amides is 1. The zero-order valence-corrected chi connectivity index (χ0v) is 21.5. The van der Waals surface area contributed by atoms with Crippen molar-refractivity contribution in [2.75, 3.05) is 56.6 Å². The van der Waals surface area contributed by atoms with E-state index in [0.717, 1.165) is 43.1 Å². The van der Waals surface area contributed by atoms with Crippen LogP contribution in [0.5, 0.6) is 0 Å². The highest BCUT2D eigenvalue weighted by molar-refractivity contribution is 6.31. The standard InChI is InChI=1S/C27H29ClFN5O3/c1-31(2)22-8-3-19(4-9-22)26(18-30-27(35)24-17-20(28)5-12-25(24)34(36)37)33-15-13-32(14-16-33)23-10-6-21(29)7-11-23/h3-12,17,26H,13-16,18H2,1-2H3,(H,30,35). The highest BCUT2D eigenvalue weighted by atomic mass is 35.5. The van der Waals surface area contributed by atoms with Crippen LogP contribution in [0.3, 0.4) is 0 Å². The van der Waals surface area contributed by atoms with Crippen molar-refractivity contribution < 1.29 is 14.1 Å². The molecule has 1 unspecified atom stereocenters. The summed E-state index contributed by atoms with van der Waals surface area (Å²) in [6.45, 7) is 3.20. The van der Waals surface area contributed by atoms with E-state index < -0.39 is 10.8 Å². The Morgan fingerprint density at radius 1 is 1.05 bits per heavy atom. The fourth-order valence-corrected chi connectivity index (χ4v) is 4.70. The van der Waals surface area contributed by atoms with Crippen molar-refractivity contribution in [3.63, 3.8) is 0 Å². The lowest BCUT2D eigenvalue weighted by molar-refractivity contribution is -0.385. The molecule has 0 aliphatic carbocycles. The van der Waals surface area contributed by atoms with E-state index in [-0.39, 0.29) is 34.7 Å². The molecule has 3 aromatic rings. The van der Waals surface area contributed by atoms with E-state index in [1.165, 1.54) is 30.3 Å². The second kappa shape index (κ2) is 11.6. The van der Waals surface area contributed by atoms with Gasteiger partial charge in [-0.3, -0.25) is 19.8 Å². The smallest absolute Gasteiger partial charge is 0.282 e. The monoisotopic (exact) mass is 525 g/mol. The van der Waals surface area contributed by atoms with Crippen molar-refractivity contribution in [3.8, 4) is 0 Å². The van der Waals surface area contributed by atoms with Crippen LogP contribution in [0.1, 0.15) is 22.0 Å². The van der Waals surface area contributed by atoms with Gasteiger partial charge in [0.05, 0.1) is 11.0 Å². The molecule has 1 saturated heterocycles. The number of nitrogens with one attached hydrogen (secondary N) is 1. The predicted octanol–water partition coefficient (Wildman–Crippen LogP) is 4.75. The predicted molar refractivity (Wildman–Crippen MR) is 144 cm³/mol. The summed E-state index contributed by atoms with van der Waals surface area (Å²) in [4.78, 5) is 30.4. The molecule has 1 fully saturated rings. The van der Waals surface area contributed by atoms with Crippen LogP contribution in [0, 0.1) is 15.9 Å². The summed E-state index contributed by atoms with van der Waals surface area (Å²) in [5.74, 6) is -0.812. The molecule has 0 radical (unpaired) electrons. The molecule has 0 bridgehead atoms. The molecular weight excluding hydrogens is 497 g/mol. The van der Waals surface area contributed by atoms with E-state index in [4.69, 9.17) is 11.6 Å². The molecule has 0 spiro atoms. The minimum absolute atomic E-state index is 0.0691. The minimum atomic E-state index is -0.586. The third kappa shape index (κ3) is 6.36. The van der Waals surface area contributed by atoms with Crippen molar-refractivity contribution in [1.29, 1.82) is 0 Å². The Kier molecular flexibility index (Phi) is 8.25. The minimum Gasteiger partial charge on any atom is -0.378 e. The van der Waals surface area contributed by atoms with Gasteiger partial charge in [0.1, 0.15) is 11.4 Å². The highest BCUT2D eigenvalue weighted by Gasteiger charge is 2.27. The molecular formula is C27H29ClFN5O3. The zero-order valence-electron chi connectivity index (χ0n) is 20.7. The number of nitro groups is 1. The van der Waals surface area contributed by atoms with Gasteiger partial charge in [0, 0.05) is 69.3 Å². The molecule has 194 valence electrons. The molecule has 1 aliphatic heterocycles. The first-order chi connectivity index (χ1) is 17.7. The summed E-state index contributed by atoms with van der Waals surface area (Å²) in [5.41, 5.74) is 2.69. The molecule has 37 heavy (non-hydrogen) atoms. The van der Waals surface area contributed by atoms with Crippen LogP contribution in [0.4, 0.5) is 21.5 Å². The first-order valence-electron chi connectivity index (χ1n) is 12.0. The number of piperazine rings is 1. The Balaban J connectivity index is 1.52. The fourth-order valence-electron chi connectivity index (χ4n) is 4.53. The SMILES string of the molecule is CN(C)c1ccc(C(CNC(=O)c2cc(Cl)ccc2[N+](=O)[O-])N2CCN(c3ccc(F)cc3)CC2)cc1. The number of nitrogens with zero attached hydrogens (tertiary/aromatic N) is 4. The number of nitro benzene ring substituents is 1. The molecule has 1 aliphatic rings. The quantitative estimate of drug-likeness (QED) is 0.338. The molecule has 1 N–H and O–H groups in total. The molecule has 1 heterocycles. The van der Waals surface area contributed by atoms with Crippen LogP contribution < -0.4 is 15.1 Å². The maximum Gasteiger partial charge on any atom is 0.282 e. The van der Waals surface area contributed by atoms with Gasteiger partial charge in [-0.1, -0.05) is 23.7 Å². The Hall–Kier alpha value is -3.69. The van der Waals surface area contributed by atoms with Crippen molar-refractivity contribution in [2.45, 2.75) is 6.04 Å². The second-order valence-corrected chi connectivity index (χ2v) is 9.57. The zero-order chi connectivity index (χ0) is 26.5. The lowest BCUT2D eigenvalue weighted by atomic mass is 10.0. The van der Waals surface area contributed by atoms with E-state index in [0.29, 0.717) is 0 Å². The summed E-state index contributed by atoms with van der Waals surface area (Å²) < 4.78 is 13.3. The van der Waals surface area contributed by atoms with E-state index >= 15 is 0 Å². The summed E-state index contributed by atoms with van der Waals surface area (Å²) >= 11 is 6.02. The van der Waals surface area contributed by atoms with Gasteiger partial charge in [0.25, 0.3) is 11.6 Å². The van der Waals surface area contributed by atoms with Crippen molar-refractivity contribution in [1.82, 2.24) is 10.2 Å². The first-order valence-corrected chi connectivity index (χ1v) is 12.3. The van der Waals surface area contributed by atoms with Crippen LogP contribution in [0.15, 0.2) is 66.7 Å². The Bertz CT molecular complexity index is 1250. The topological polar surface area (TPSA) is 82.0 Å². The summed E-state index contributed by atoms with van der Waals surface area (Å²) in [6.07, 6.45) is 0. The molecule has 0 aromatic heterocycles. The lowest BCUT2D eigenvalue weighted by Crippen LogP contribution is -2.50. The summed E-state index contributed by atoms with van der Waals surface area (Å²) in [7, 11) is 3.94. The van der Waals surface area contributed by atoms with E-state index in [1.807, 2.05) is 43.3 Å². The molecule has 1 atom stereocenters. The number of anilines is 2. The Morgan fingerprint density at radius 3 is 2.30 bits per heavy atom. The molecule has 0 saturated carbocycles. The van der Waals surface area contributed by atoms with Crippen molar-refractivity contribution in [2.24, 2.45) is 0 Å². The average molecular weight is 526 g/mol. The van der Waals surface area contributed by atoms with Gasteiger partial charge < -0.3 is 15.1 Å². The average Bonchev–Trinajstić information content (AvgIpc) is 2.89. The second-order valence-electron chi connectivity index (χ2n) is 9.13. The number of benzene rings is 3. The van der Waals surface area contributed by atoms with E-state index in [9.17, 15) is 19.3 Å². The molecule has 3 aromatic carbocycles. The molecule has 1 amide bonds. The summed E-state index contributed by atoms with van der Waals surface area (Å²) in [6, 6.07) is 18.4. The third-order valence-electron chi connectivity index (χ3n) is 6.60. The highest BCUT2D eigenvalue weighted by Crippen LogP contribution is 2.27. The van der Waals surface area contributed by atoms with Crippen LogP contribution in [0.2, 0.25) is 5.02 Å². The number of rotatable bonds is 8. The third-order valence-corrected chi connectivity index (χ3v) is 6.83. The van der Waals surface area contributed by atoms with Gasteiger partial charge in [0.2, 0.25) is 0 Å². The number of carbonyl (C=O) groups is 1. The van der Waals surface area contributed by atoms with Gasteiger partial charge in [-0.05, 0) is 54.1 Å². The van der Waals surface area contributed by atoms with Gasteiger partial charge in [-0.15, -0.1) is 0 Å². The molecule has 8 nitrogen and oxygen atoms in total. The molecule has 10 heteroatoms. The lowest BCUT2D eigenvalue weighted by Gasteiger charge is -2.40. The van der Waals surface area contributed by atoms with E-state index in [2.05, 4.69) is 15.1 Å². The van der Waals surface area contributed by atoms with Gasteiger partial charge in [-0.25, -0.2) is 4.39 Å². The van der Waals surface area contributed by atoms with Crippen LogP contribution in [0.25, 0.3) is 0 Å². The number of halogens is 2. The number of hydrogen-bond acceptors (Lipinski definition) is 6. The largest absolute Gasteiger partial charge is 0.378 e. The first kappa shape index (κ1) is 26.4. The maximum absolute atomic E-state index is 13.3. The normalized spacial score (nSPS) is 14.8. The van der Waals surface area contributed by atoms with Gasteiger partial charge >= 0.3 is 0 Å². The number of hydrogen-bond donors (Lipinski definition) is 1. The van der Waals surface area contributed by atoms with E-state index in [1.54, 1.807) is 12.1 Å². The van der Waals surface area contributed by atoms with Crippen LogP contribution in [-0.4, -0.2) is 62.5 Å². The van der Waals surface area contributed by atoms with Crippen LogP contribution in [-0.2, 0) is 0 Å². The Morgan fingerprint density at radius 2 is 1.70 bits per heavy atom. The summed E-state index contributed by atoms with van der Waals surface area (Å²) in [5, 5.41) is 14.6. The van der Waals surface area contributed by atoms with Crippen molar-refractivity contribution >= 4 is 34.6 Å². The van der Waals surface area contributed by atoms with Gasteiger partial charge in [-0.2, -0.15) is 0 Å². The van der Waals surface area contributed by atoms with Gasteiger partial charge in [0.15, 0.2) is 0 Å². The fraction of sp³-hybridized carbons (Fsp3) is 0.296. The molecule has 4 rings (SSSR count). The maximum atomic E-state index is 13.3.